The van der Waals surface area contributed by atoms with E-state index in [1.54, 1.807) is 12.1 Å². The van der Waals surface area contributed by atoms with Crippen molar-refractivity contribution in [3.63, 3.8) is 0 Å². The van der Waals surface area contributed by atoms with Crippen LogP contribution in [0.25, 0.3) is 11.4 Å². The largest absolute Gasteiger partial charge is 0.478 e. The number of carbonyl (C=O) groups excluding carboxylic acids is 1. The number of carbonyl (C=O) groups is 2. The summed E-state index contributed by atoms with van der Waals surface area (Å²) in [5, 5.41) is 20.7. The topological polar surface area (TPSA) is 97.1 Å². The van der Waals surface area contributed by atoms with E-state index in [1.807, 2.05) is 42.8 Å². The lowest BCUT2D eigenvalue weighted by molar-refractivity contribution is -0.113. The molecule has 27 heavy (non-hydrogen) atoms. The summed E-state index contributed by atoms with van der Waals surface area (Å²) in [7, 11) is 1.86. The molecule has 3 aromatic rings. The van der Waals surface area contributed by atoms with Gasteiger partial charge >= 0.3 is 5.97 Å². The molecule has 0 bridgehead atoms. The van der Waals surface area contributed by atoms with Gasteiger partial charge in [-0.25, -0.2) is 4.79 Å². The number of aromatic nitrogens is 3. The summed E-state index contributed by atoms with van der Waals surface area (Å²) in [5.74, 6) is -0.409. The van der Waals surface area contributed by atoms with Crippen molar-refractivity contribution in [3.05, 3.63) is 59.7 Å². The van der Waals surface area contributed by atoms with Crippen molar-refractivity contribution in [3.8, 4) is 11.4 Å². The van der Waals surface area contributed by atoms with E-state index in [2.05, 4.69) is 15.5 Å². The van der Waals surface area contributed by atoms with Gasteiger partial charge in [-0.3, -0.25) is 4.79 Å². The van der Waals surface area contributed by atoms with E-state index in [-0.39, 0.29) is 17.2 Å². The van der Waals surface area contributed by atoms with Crippen LogP contribution in [0, 0.1) is 6.92 Å². The summed E-state index contributed by atoms with van der Waals surface area (Å²) in [6.07, 6.45) is 0. The minimum Gasteiger partial charge on any atom is -0.478 e. The number of anilines is 1. The Labute approximate surface area is 160 Å². The molecule has 0 fully saturated rings. The molecule has 0 atom stereocenters. The number of amides is 1. The second-order valence-corrected chi connectivity index (χ2v) is 6.85. The maximum absolute atomic E-state index is 12.2. The van der Waals surface area contributed by atoms with Gasteiger partial charge < -0.3 is 15.0 Å². The number of carboxylic acid groups (broad SMARTS) is 1. The molecule has 1 amide bonds. The summed E-state index contributed by atoms with van der Waals surface area (Å²) < 4.78 is 1.85. The lowest BCUT2D eigenvalue weighted by Gasteiger charge is -2.07. The number of hydrogen-bond acceptors (Lipinski definition) is 5. The number of aromatic carboxylic acids is 1. The number of benzene rings is 2. The fourth-order valence-corrected chi connectivity index (χ4v) is 3.27. The van der Waals surface area contributed by atoms with E-state index < -0.39 is 5.97 Å². The van der Waals surface area contributed by atoms with Crippen molar-refractivity contribution in [1.82, 2.24) is 14.8 Å². The Hall–Kier alpha value is -3.13. The summed E-state index contributed by atoms with van der Waals surface area (Å²) in [4.78, 5) is 23.2. The Balaban J connectivity index is 1.65. The molecule has 3 rings (SSSR count). The molecule has 0 radical (unpaired) electrons. The third-order valence-electron chi connectivity index (χ3n) is 3.95. The molecule has 0 unspecified atom stereocenters. The molecule has 0 saturated heterocycles. The van der Waals surface area contributed by atoms with Crippen LogP contribution in [0.3, 0.4) is 0 Å². The quantitative estimate of drug-likeness (QED) is 0.636. The van der Waals surface area contributed by atoms with Gasteiger partial charge in [-0.1, -0.05) is 42.1 Å². The van der Waals surface area contributed by atoms with Crippen molar-refractivity contribution in [2.24, 2.45) is 7.05 Å². The Morgan fingerprint density at radius 1 is 1.15 bits per heavy atom. The lowest BCUT2D eigenvalue weighted by Crippen LogP contribution is -2.15. The fraction of sp³-hybridized carbons (Fsp3) is 0.158. The highest BCUT2D eigenvalue weighted by atomic mass is 32.2. The molecular formula is C19H18N4O3S. The fourth-order valence-electron chi connectivity index (χ4n) is 2.56. The maximum atomic E-state index is 12.2. The molecule has 8 heteroatoms. The van der Waals surface area contributed by atoms with E-state index in [0.717, 1.165) is 17.0 Å². The summed E-state index contributed by atoms with van der Waals surface area (Å²) in [6, 6.07) is 14.0. The second-order valence-electron chi connectivity index (χ2n) is 5.90. The van der Waals surface area contributed by atoms with Gasteiger partial charge in [0.2, 0.25) is 5.91 Å². The van der Waals surface area contributed by atoms with Crippen LogP contribution in [0.5, 0.6) is 0 Å². The van der Waals surface area contributed by atoms with Crippen molar-refractivity contribution in [2.75, 3.05) is 11.1 Å². The summed E-state index contributed by atoms with van der Waals surface area (Å²) in [5.41, 5.74) is 2.66. The molecule has 1 heterocycles. The number of hydrogen-bond donors (Lipinski definition) is 2. The van der Waals surface area contributed by atoms with Crippen LogP contribution in [0.4, 0.5) is 5.69 Å². The zero-order valence-corrected chi connectivity index (χ0v) is 15.7. The predicted octanol–water partition coefficient (Wildman–Crippen LogP) is 3.22. The Bertz CT molecular complexity index is 1000. The Morgan fingerprint density at radius 3 is 2.67 bits per heavy atom. The molecule has 1 aromatic heterocycles. The molecule has 0 aliphatic heterocycles. The van der Waals surface area contributed by atoms with Crippen LogP contribution < -0.4 is 5.32 Å². The van der Waals surface area contributed by atoms with E-state index in [9.17, 15) is 9.59 Å². The van der Waals surface area contributed by atoms with E-state index in [1.165, 1.54) is 23.9 Å². The smallest absolute Gasteiger partial charge is 0.335 e. The standard InChI is InChI=1S/C19H18N4O3S/c1-12-6-3-4-9-15(12)17-21-22-19(23(17)2)27-11-16(24)20-14-8-5-7-13(10-14)18(25)26/h3-10H,11H2,1-2H3,(H,20,24)(H,25,26). The SMILES string of the molecule is Cc1ccccc1-c1nnc(SCC(=O)Nc2cccc(C(=O)O)c2)n1C. The van der Waals surface area contributed by atoms with E-state index in [0.29, 0.717) is 10.8 Å². The Kier molecular flexibility index (Phi) is 5.56. The van der Waals surface area contributed by atoms with Gasteiger partial charge in [0.05, 0.1) is 11.3 Å². The van der Waals surface area contributed by atoms with Crippen molar-refractivity contribution >= 4 is 29.3 Å². The van der Waals surface area contributed by atoms with Gasteiger partial charge in [-0.2, -0.15) is 0 Å². The first-order valence-corrected chi connectivity index (χ1v) is 9.15. The van der Waals surface area contributed by atoms with Gasteiger partial charge in [-0.05, 0) is 30.7 Å². The number of nitrogens with one attached hydrogen (secondary N) is 1. The molecule has 0 aliphatic carbocycles. The van der Waals surface area contributed by atoms with Crippen molar-refractivity contribution in [2.45, 2.75) is 12.1 Å². The van der Waals surface area contributed by atoms with E-state index in [4.69, 9.17) is 5.11 Å². The first-order valence-electron chi connectivity index (χ1n) is 8.17. The highest BCUT2D eigenvalue weighted by molar-refractivity contribution is 7.99. The monoisotopic (exact) mass is 382 g/mol. The molecule has 0 aliphatic rings. The van der Waals surface area contributed by atoms with Gasteiger partial charge in [0.1, 0.15) is 0 Å². The van der Waals surface area contributed by atoms with Gasteiger partial charge in [0.25, 0.3) is 0 Å². The minimum absolute atomic E-state index is 0.122. The van der Waals surface area contributed by atoms with Gasteiger partial charge in [0, 0.05) is 18.3 Å². The molecule has 2 aromatic carbocycles. The third kappa shape index (κ3) is 4.35. The van der Waals surface area contributed by atoms with Crippen LogP contribution in [-0.4, -0.2) is 37.5 Å². The third-order valence-corrected chi connectivity index (χ3v) is 4.97. The van der Waals surface area contributed by atoms with Crippen LogP contribution in [-0.2, 0) is 11.8 Å². The number of carboxylic acids is 1. The number of aryl methyl sites for hydroxylation is 1. The average molecular weight is 382 g/mol. The zero-order chi connectivity index (χ0) is 19.4. The number of thioether (sulfide) groups is 1. The summed E-state index contributed by atoms with van der Waals surface area (Å²) in [6.45, 7) is 2.01. The number of nitrogens with zero attached hydrogens (tertiary/aromatic N) is 3. The van der Waals surface area contributed by atoms with Crippen molar-refractivity contribution in [1.29, 1.82) is 0 Å². The normalized spacial score (nSPS) is 10.6. The minimum atomic E-state index is -1.04. The lowest BCUT2D eigenvalue weighted by atomic mass is 10.1. The average Bonchev–Trinajstić information content (AvgIpc) is 3.01. The molecule has 138 valence electrons. The van der Waals surface area contributed by atoms with Crippen LogP contribution in [0.2, 0.25) is 0 Å². The van der Waals surface area contributed by atoms with Crippen molar-refractivity contribution < 1.29 is 14.7 Å². The molecule has 0 spiro atoms. The van der Waals surface area contributed by atoms with E-state index >= 15 is 0 Å². The van der Waals surface area contributed by atoms with Crippen LogP contribution in [0.15, 0.2) is 53.7 Å². The molecule has 2 N–H and O–H groups in total. The molecule has 0 saturated carbocycles. The summed E-state index contributed by atoms with van der Waals surface area (Å²) >= 11 is 1.27. The predicted molar refractivity (Wildman–Crippen MR) is 104 cm³/mol. The van der Waals surface area contributed by atoms with Crippen LogP contribution >= 0.6 is 11.8 Å². The highest BCUT2D eigenvalue weighted by Gasteiger charge is 2.14. The second kappa shape index (κ2) is 8.05. The zero-order valence-electron chi connectivity index (χ0n) is 14.8. The molecular weight excluding hydrogens is 364 g/mol. The van der Waals surface area contributed by atoms with Gasteiger partial charge in [-0.15, -0.1) is 10.2 Å². The number of rotatable bonds is 6. The van der Waals surface area contributed by atoms with Gasteiger partial charge in [0.15, 0.2) is 11.0 Å². The first kappa shape index (κ1) is 18.7. The highest BCUT2D eigenvalue weighted by Crippen LogP contribution is 2.25. The van der Waals surface area contributed by atoms with Crippen LogP contribution in [0.1, 0.15) is 15.9 Å². The molecule has 7 nitrogen and oxygen atoms in total. The maximum Gasteiger partial charge on any atom is 0.335 e. The first-order chi connectivity index (χ1) is 13.0. The Morgan fingerprint density at radius 2 is 1.93 bits per heavy atom.